The van der Waals surface area contributed by atoms with Crippen LogP contribution < -0.4 is 10.2 Å². The van der Waals surface area contributed by atoms with E-state index in [-0.39, 0.29) is 5.82 Å². The summed E-state index contributed by atoms with van der Waals surface area (Å²) in [6.45, 7) is 6.12. The molecule has 0 radical (unpaired) electrons. The van der Waals surface area contributed by atoms with Crippen molar-refractivity contribution < 1.29 is 4.39 Å². The topological polar surface area (TPSA) is 41.1 Å². The Hall–Kier alpha value is -1.39. The third-order valence-corrected chi connectivity index (χ3v) is 3.12. The second kappa shape index (κ2) is 4.85. The van der Waals surface area contributed by atoms with Crippen molar-refractivity contribution in [1.29, 1.82) is 0 Å². The normalized spacial score (nSPS) is 24.8. The maximum Gasteiger partial charge on any atom is 0.224 e. The molecule has 0 spiro atoms. The van der Waals surface area contributed by atoms with E-state index in [1.165, 1.54) is 12.6 Å². The Morgan fingerprint density at radius 1 is 1.35 bits per heavy atom. The molecule has 4 nitrogen and oxygen atoms in total. The smallest absolute Gasteiger partial charge is 0.224 e. The molecule has 0 amide bonds. The maximum absolute atomic E-state index is 13.8. The van der Waals surface area contributed by atoms with Gasteiger partial charge in [0.2, 0.25) is 5.95 Å². The van der Waals surface area contributed by atoms with Gasteiger partial charge in [0.15, 0.2) is 11.6 Å². The predicted molar refractivity (Wildman–Crippen MR) is 66.7 cm³/mol. The summed E-state index contributed by atoms with van der Waals surface area (Å²) >= 11 is 0. The molecule has 2 unspecified atom stereocenters. The van der Waals surface area contributed by atoms with E-state index in [9.17, 15) is 4.39 Å². The lowest BCUT2D eigenvalue weighted by atomic mass is 9.92. The third-order valence-electron chi connectivity index (χ3n) is 3.12. The fourth-order valence-corrected chi connectivity index (χ4v) is 2.54. The second-order valence-corrected chi connectivity index (χ2v) is 4.97. The van der Waals surface area contributed by atoms with Crippen LogP contribution >= 0.6 is 0 Å². The molecular weight excluding hydrogens is 219 g/mol. The highest BCUT2D eigenvalue weighted by Crippen LogP contribution is 2.26. The van der Waals surface area contributed by atoms with Crippen LogP contribution in [0.4, 0.5) is 16.2 Å². The monoisotopic (exact) mass is 238 g/mol. The molecule has 0 saturated carbocycles. The van der Waals surface area contributed by atoms with Gasteiger partial charge in [-0.3, -0.25) is 0 Å². The Labute approximate surface area is 101 Å². The Bertz CT molecular complexity index is 386. The average Bonchev–Trinajstić information content (AvgIpc) is 2.28. The quantitative estimate of drug-likeness (QED) is 0.857. The predicted octanol–water partition coefficient (Wildman–Crippen LogP) is 2.14. The summed E-state index contributed by atoms with van der Waals surface area (Å²) in [5.74, 6) is 1.69. The Morgan fingerprint density at radius 2 is 2.00 bits per heavy atom. The molecular formula is C12H19FN4. The van der Waals surface area contributed by atoms with Crippen molar-refractivity contribution in [3.05, 3.63) is 12.0 Å². The molecule has 2 atom stereocenters. The molecule has 1 aliphatic heterocycles. The highest BCUT2D eigenvalue weighted by Gasteiger charge is 2.25. The molecule has 1 aromatic rings. The zero-order chi connectivity index (χ0) is 12.4. The first-order chi connectivity index (χ1) is 8.10. The molecule has 1 fully saturated rings. The highest BCUT2D eigenvalue weighted by atomic mass is 19.1. The largest absolute Gasteiger partial charge is 0.357 e. The zero-order valence-electron chi connectivity index (χ0n) is 10.6. The van der Waals surface area contributed by atoms with E-state index in [4.69, 9.17) is 0 Å². The van der Waals surface area contributed by atoms with Crippen LogP contribution in [0.5, 0.6) is 0 Å². The maximum atomic E-state index is 13.8. The van der Waals surface area contributed by atoms with Crippen LogP contribution in [-0.2, 0) is 0 Å². The van der Waals surface area contributed by atoms with Gasteiger partial charge >= 0.3 is 0 Å². The number of hydrogen-bond acceptors (Lipinski definition) is 4. The molecule has 94 valence electrons. The lowest BCUT2D eigenvalue weighted by Crippen LogP contribution is -2.39. The van der Waals surface area contributed by atoms with E-state index in [0.717, 1.165) is 13.1 Å². The fraction of sp³-hybridized carbons (Fsp3) is 0.667. The van der Waals surface area contributed by atoms with Crippen LogP contribution in [0.1, 0.15) is 20.3 Å². The molecule has 0 bridgehead atoms. The first kappa shape index (κ1) is 12.1. The summed E-state index contributed by atoms with van der Waals surface area (Å²) in [7, 11) is 1.73. The van der Waals surface area contributed by atoms with Crippen LogP contribution in [-0.4, -0.2) is 30.1 Å². The van der Waals surface area contributed by atoms with Gasteiger partial charge in [0.05, 0.1) is 6.20 Å². The number of rotatable bonds is 2. The lowest BCUT2D eigenvalue weighted by molar-refractivity contribution is 0.352. The number of halogens is 1. The zero-order valence-corrected chi connectivity index (χ0v) is 10.6. The van der Waals surface area contributed by atoms with Gasteiger partial charge in [0.1, 0.15) is 0 Å². The van der Waals surface area contributed by atoms with Gasteiger partial charge in [0.25, 0.3) is 0 Å². The van der Waals surface area contributed by atoms with Gasteiger partial charge in [-0.2, -0.15) is 4.98 Å². The first-order valence-corrected chi connectivity index (χ1v) is 6.05. The van der Waals surface area contributed by atoms with Crippen molar-refractivity contribution in [3.63, 3.8) is 0 Å². The minimum absolute atomic E-state index is 0.342. The summed E-state index contributed by atoms with van der Waals surface area (Å²) in [6.07, 6.45) is 2.43. The van der Waals surface area contributed by atoms with Crippen LogP contribution in [0.25, 0.3) is 0 Å². The van der Waals surface area contributed by atoms with Crippen LogP contribution in [0.3, 0.4) is 0 Å². The van der Waals surface area contributed by atoms with Crippen LogP contribution in [0, 0.1) is 17.7 Å². The SMILES string of the molecule is CNc1ncc(F)c(N2CC(C)CC(C)C2)n1. The van der Waals surface area contributed by atoms with E-state index < -0.39 is 0 Å². The van der Waals surface area contributed by atoms with Crippen molar-refractivity contribution in [2.45, 2.75) is 20.3 Å². The summed E-state index contributed by atoms with van der Waals surface area (Å²) in [5, 5.41) is 2.84. The Balaban J connectivity index is 2.26. The van der Waals surface area contributed by atoms with E-state index in [0.29, 0.717) is 23.6 Å². The van der Waals surface area contributed by atoms with Crippen molar-refractivity contribution in [1.82, 2.24) is 9.97 Å². The molecule has 1 aliphatic rings. The number of piperidine rings is 1. The molecule has 0 aliphatic carbocycles. The van der Waals surface area contributed by atoms with Crippen LogP contribution in [0.2, 0.25) is 0 Å². The van der Waals surface area contributed by atoms with Crippen molar-refractivity contribution in [3.8, 4) is 0 Å². The van der Waals surface area contributed by atoms with Gasteiger partial charge in [-0.25, -0.2) is 9.37 Å². The molecule has 2 rings (SSSR count). The standard InChI is InChI=1S/C12H19FN4/c1-8-4-9(2)7-17(6-8)11-10(13)5-15-12(14-3)16-11/h5,8-9H,4,6-7H2,1-3H3,(H,14,15,16). The van der Waals surface area contributed by atoms with Gasteiger partial charge in [0, 0.05) is 20.1 Å². The minimum Gasteiger partial charge on any atom is -0.357 e. The summed E-state index contributed by atoms with van der Waals surface area (Å²) in [6, 6.07) is 0. The van der Waals surface area contributed by atoms with Crippen molar-refractivity contribution >= 4 is 11.8 Å². The van der Waals surface area contributed by atoms with E-state index in [1.54, 1.807) is 7.05 Å². The van der Waals surface area contributed by atoms with E-state index in [2.05, 4.69) is 29.1 Å². The molecule has 17 heavy (non-hydrogen) atoms. The average molecular weight is 238 g/mol. The Kier molecular flexibility index (Phi) is 3.45. The molecule has 2 heterocycles. The highest BCUT2D eigenvalue weighted by molar-refractivity contribution is 5.44. The number of nitrogens with zero attached hydrogens (tertiary/aromatic N) is 3. The van der Waals surface area contributed by atoms with Crippen molar-refractivity contribution in [2.24, 2.45) is 11.8 Å². The van der Waals surface area contributed by atoms with Gasteiger partial charge < -0.3 is 10.2 Å². The minimum atomic E-state index is -0.342. The molecule has 1 N–H and O–H groups in total. The Morgan fingerprint density at radius 3 is 2.59 bits per heavy atom. The van der Waals surface area contributed by atoms with E-state index in [1.807, 2.05) is 4.90 Å². The van der Waals surface area contributed by atoms with Gasteiger partial charge in [-0.15, -0.1) is 0 Å². The van der Waals surface area contributed by atoms with E-state index >= 15 is 0 Å². The summed E-state index contributed by atoms with van der Waals surface area (Å²) in [4.78, 5) is 10.1. The lowest BCUT2D eigenvalue weighted by Gasteiger charge is -2.35. The summed E-state index contributed by atoms with van der Waals surface area (Å²) < 4.78 is 13.8. The van der Waals surface area contributed by atoms with Gasteiger partial charge in [-0.1, -0.05) is 13.8 Å². The third kappa shape index (κ3) is 2.65. The first-order valence-electron chi connectivity index (χ1n) is 6.05. The van der Waals surface area contributed by atoms with Gasteiger partial charge in [-0.05, 0) is 18.3 Å². The number of nitrogens with one attached hydrogen (secondary N) is 1. The summed E-state index contributed by atoms with van der Waals surface area (Å²) in [5.41, 5.74) is 0. The number of anilines is 2. The number of aromatic nitrogens is 2. The molecule has 1 saturated heterocycles. The number of hydrogen-bond donors (Lipinski definition) is 1. The molecule has 1 aromatic heterocycles. The molecule has 5 heteroatoms. The fourth-order valence-electron chi connectivity index (χ4n) is 2.54. The second-order valence-electron chi connectivity index (χ2n) is 4.97. The molecule has 0 aromatic carbocycles. The van der Waals surface area contributed by atoms with Crippen molar-refractivity contribution in [2.75, 3.05) is 30.4 Å². The van der Waals surface area contributed by atoms with Crippen LogP contribution in [0.15, 0.2) is 6.20 Å².